The van der Waals surface area contributed by atoms with Gasteiger partial charge in [0.2, 0.25) is 11.8 Å². The summed E-state index contributed by atoms with van der Waals surface area (Å²) in [5, 5.41) is 1.11. The third-order valence-electron chi connectivity index (χ3n) is 7.00. The van der Waals surface area contributed by atoms with Crippen LogP contribution in [0.2, 0.25) is 0 Å². The van der Waals surface area contributed by atoms with Crippen LogP contribution in [0.5, 0.6) is 11.5 Å². The lowest BCUT2D eigenvalue weighted by Crippen LogP contribution is -2.63. The number of H-pyrrole nitrogens is 1. The van der Waals surface area contributed by atoms with Gasteiger partial charge in [0.1, 0.15) is 12.6 Å². The molecule has 164 valence electrons. The molecule has 1 saturated carbocycles. The summed E-state index contributed by atoms with van der Waals surface area (Å²) in [6, 6.07) is 13.2. The fourth-order valence-corrected chi connectivity index (χ4v) is 5.35. The molecule has 2 aromatic carbocycles. The van der Waals surface area contributed by atoms with E-state index in [0.717, 1.165) is 40.6 Å². The van der Waals surface area contributed by atoms with Crippen LogP contribution in [-0.2, 0) is 16.0 Å². The van der Waals surface area contributed by atoms with Gasteiger partial charge in [-0.2, -0.15) is 0 Å². The Bertz CT molecular complexity index is 1250. The van der Waals surface area contributed by atoms with Gasteiger partial charge in [-0.1, -0.05) is 24.3 Å². The van der Waals surface area contributed by atoms with E-state index in [-0.39, 0.29) is 24.4 Å². The maximum absolute atomic E-state index is 13.5. The van der Waals surface area contributed by atoms with Gasteiger partial charge < -0.3 is 24.3 Å². The largest absolute Gasteiger partial charge is 0.493 e. The highest BCUT2D eigenvalue weighted by Crippen LogP contribution is 2.45. The molecule has 1 unspecified atom stereocenters. The van der Waals surface area contributed by atoms with E-state index >= 15 is 0 Å². The van der Waals surface area contributed by atoms with Gasteiger partial charge in [-0.05, 0) is 42.2 Å². The molecule has 3 aliphatic rings. The first-order chi connectivity index (χ1) is 15.6. The predicted octanol–water partition coefficient (Wildman–Crippen LogP) is 3.03. The molecule has 32 heavy (non-hydrogen) atoms. The van der Waals surface area contributed by atoms with E-state index in [1.165, 1.54) is 0 Å². The maximum Gasteiger partial charge on any atom is 0.246 e. The first-order valence-corrected chi connectivity index (χ1v) is 11.0. The van der Waals surface area contributed by atoms with Crippen molar-refractivity contribution in [3.05, 3.63) is 59.3 Å². The molecule has 2 fully saturated rings. The molecular weight excluding hydrogens is 406 g/mol. The quantitative estimate of drug-likeness (QED) is 0.689. The highest BCUT2D eigenvalue weighted by molar-refractivity contribution is 5.98. The summed E-state index contributed by atoms with van der Waals surface area (Å²) in [7, 11) is 3.20. The monoisotopic (exact) mass is 431 g/mol. The van der Waals surface area contributed by atoms with Gasteiger partial charge in [0.15, 0.2) is 11.5 Å². The summed E-state index contributed by atoms with van der Waals surface area (Å²) in [6.07, 6.45) is 2.50. The molecule has 1 aliphatic carbocycles. The number of carbonyl (C=O) groups is 2. The van der Waals surface area contributed by atoms with Crippen molar-refractivity contribution in [2.24, 2.45) is 0 Å². The number of piperazine rings is 1. The number of benzene rings is 2. The van der Waals surface area contributed by atoms with E-state index in [0.29, 0.717) is 17.9 Å². The van der Waals surface area contributed by atoms with E-state index in [4.69, 9.17) is 9.47 Å². The van der Waals surface area contributed by atoms with Crippen LogP contribution in [0.4, 0.5) is 0 Å². The topological polar surface area (TPSA) is 74.9 Å². The number of ether oxygens (including phenoxy) is 2. The molecule has 7 heteroatoms. The average Bonchev–Trinajstić information content (AvgIpc) is 3.60. The number of aromatic amines is 1. The van der Waals surface area contributed by atoms with Crippen LogP contribution in [0.15, 0.2) is 42.5 Å². The summed E-state index contributed by atoms with van der Waals surface area (Å²) < 4.78 is 11.0. The summed E-state index contributed by atoms with van der Waals surface area (Å²) >= 11 is 0. The van der Waals surface area contributed by atoms with E-state index in [2.05, 4.69) is 11.1 Å². The molecule has 1 aromatic heterocycles. The molecule has 7 nitrogen and oxygen atoms in total. The van der Waals surface area contributed by atoms with Gasteiger partial charge in [0.25, 0.3) is 0 Å². The summed E-state index contributed by atoms with van der Waals surface area (Å²) in [4.78, 5) is 34.1. The second-order valence-corrected chi connectivity index (χ2v) is 8.80. The van der Waals surface area contributed by atoms with Crippen molar-refractivity contribution in [2.75, 3.05) is 20.8 Å². The number of amides is 2. The Morgan fingerprint density at radius 2 is 1.78 bits per heavy atom. The third kappa shape index (κ3) is 2.73. The molecule has 3 aromatic rings. The van der Waals surface area contributed by atoms with Crippen molar-refractivity contribution in [1.29, 1.82) is 0 Å². The average molecular weight is 431 g/mol. The lowest BCUT2D eigenvalue weighted by atomic mass is 9.86. The fraction of sp³-hybridized carbons (Fsp3) is 0.360. The highest BCUT2D eigenvalue weighted by Gasteiger charge is 2.50. The van der Waals surface area contributed by atoms with E-state index in [1.807, 2.05) is 36.4 Å². The molecule has 2 atom stereocenters. The number of nitrogens with zero attached hydrogens (tertiary/aromatic N) is 2. The van der Waals surface area contributed by atoms with Gasteiger partial charge in [-0.15, -0.1) is 0 Å². The molecule has 1 N–H and O–H groups in total. The van der Waals surface area contributed by atoms with Gasteiger partial charge in [-0.3, -0.25) is 9.59 Å². The zero-order valence-electron chi connectivity index (χ0n) is 18.1. The first-order valence-electron chi connectivity index (χ1n) is 11.0. The standard InChI is InChI=1S/C25H25N3O4/c1-31-20-10-7-14(11-21(20)32-2)24-23-17(16-5-3-4-6-18(16)26-23)12-19-25(30)27(15-8-9-15)13-22(29)28(19)24/h3-7,10-11,15,19,24,26H,8-9,12-13H2,1-2H3/t19-,24?/m1/s1. The molecule has 2 aliphatic heterocycles. The maximum atomic E-state index is 13.5. The zero-order chi connectivity index (χ0) is 22.0. The Morgan fingerprint density at radius 3 is 2.53 bits per heavy atom. The Labute approximate surface area is 185 Å². The van der Waals surface area contributed by atoms with E-state index < -0.39 is 12.1 Å². The normalized spacial score (nSPS) is 22.7. The van der Waals surface area contributed by atoms with Gasteiger partial charge >= 0.3 is 0 Å². The third-order valence-corrected chi connectivity index (χ3v) is 7.00. The zero-order valence-corrected chi connectivity index (χ0v) is 18.1. The molecule has 3 heterocycles. The van der Waals surface area contributed by atoms with Gasteiger partial charge in [0.05, 0.1) is 20.3 Å². The molecule has 0 radical (unpaired) electrons. The van der Waals surface area contributed by atoms with Gasteiger partial charge in [-0.25, -0.2) is 0 Å². The number of fused-ring (bicyclic) bond motifs is 4. The van der Waals surface area contributed by atoms with Crippen molar-refractivity contribution < 1.29 is 19.1 Å². The lowest BCUT2D eigenvalue weighted by molar-refractivity contribution is -0.159. The predicted molar refractivity (Wildman–Crippen MR) is 119 cm³/mol. The Hall–Kier alpha value is -3.48. The van der Waals surface area contributed by atoms with Crippen LogP contribution >= 0.6 is 0 Å². The second-order valence-electron chi connectivity index (χ2n) is 8.80. The van der Waals surface area contributed by atoms with E-state index in [9.17, 15) is 9.59 Å². The van der Waals surface area contributed by atoms with Crippen LogP contribution < -0.4 is 9.47 Å². The van der Waals surface area contributed by atoms with Crippen LogP contribution in [0, 0.1) is 0 Å². The fourth-order valence-electron chi connectivity index (χ4n) is 5.35. The molecule has 6 rings (SSSR count). The minimum atomic E-state index is -0.498. The number of hydrogen-bond donors (Lipinski definition) is 1. The summed E-state index contributed by atoms with van der Waals surface area (Å²) in [5.41, 5.74) is 3.99. The van der Waals surface area contributed by atoms with Crippen molar-refractivity contribution in [2.45, 2.75) is 37.4 Å². The number of nitrogens with one attached hydrogen (secondary N) is 1. The van der Waals surface area contributed by atoms with Crippen LogP contribution in [-0.4, -0.2) is 59.4 Å². The number of rotatable bonds is 4. The summed E-state index contributed by atoms with van der Waals surface area (Å²) in [5.74, 6) is 1.28. The number of hydrogen-bond acceptors (Lipinski definition) is 4. The van der Waals surface area contributed by atoms with Crippen LogP contribution in [0.1, 0.15) is 35.7 Å². The number of carbonyl (C=O) groups excluding carboxylic acids is 2. The Morgan fingerprint density at radius 1 is 1.00 bits per heavy atom. The van der Waals surface area contributed by atoms with Gasteiger partial charge in [0, 0.05) is 29.1 Å². The molecule has 1 saturated heterocycles. The molecular formula is C25H25N3O4. The highest BCUT2D eigenvalue weighted by atomic mass is 16.5. The number of para-hydroxylation sites is 1. The molecule has 2 amide bonds. The van der Waals surface area contributed by atoms with Crippen LogP contribution in [0.25, 0.3) is 10.9 Å². The number of methoxy groups -OCH3 is 2. The molecule has 0 spiro atoms. The Balaban J connectivity index is 1.55. The van der Waals surface area contributed by atoms with Crippen molar-refractivity contribution in [3.8, 4) is 11.5 Å². The first kappa shape index (κ1) is 19.2. The Kier molecular flexibility index (Phi) is 4.22. The molecule has 0 bridgehead atoms. The van der Waals surface area contributed by atoms with E-state index in [1.54, 1.807) is 24.0 Å². The smallest absolute Gasteiger partial charge is 0.246 e. The minimum Gasteiger partial charge on any atom is -0.493 e. The van der Waals surface area contributed by atoms with Crippen molar-refractivity contribution in [1.82, 2.24) is 14.8 Å². The summed E-state index contributed by atoms with van der Waals surface area (Å²) in [6.45, 7) is 0.152. The SMILES string of the molecule is COc1ccc(C2c3[nH]c4ccccc4c3C[C@@H]3C(=O)N(C4CC4)CC(=O)N23)cc1OC. The van der Waals surface area contributed by atoms with Crippen molar-refractivity contribution >= 4 is 22.7 Å². The minimum absolute atomic E-state index is 0.00871. The van der Waals surface area contributed by atoms with Crippen molar-refractivity contribution in [3.63, 3.8) is 0 Å². The second kappa shape index (κ2) is 7.02. The van der Waals surface area contributed by atoms with Crippen LogP contribution in [0.3, 0.4) is 0 Å². The number of aromatic nitrogens is 1. The lowest BCUT2D eigenvalue weighted by Gasteiger charge is -2.47.